The monoisotopic (exact) mass is 867 g/mol. The number of hydrogen-bond acceptors (Lipinski definition) is 3. The minimum absolute atomic E-state index is 0. The predicted molar refractivity (Wildman–Crippen MR) is 216 cm³/mol. The minimum atomic E-state index is -1.37. The van der Waals surface area contributed by atoms with Gasteiger partial charge >= 0.3 is 0 Å². The van der Waals surface area contributed by atoms with Crippen LogP contribution < -0.4 is 5.19 Å². The first kappa shape index (κ1) is 37.5. The molecular weight excluding hydrogens is 821 g/mol. The van der Waals surface area contributed by atoms with Crippen molar-refractivity contribution in [3.63, 3.8) is 0 Å². The van der Waals surface area contributed by atoms with Gasteiger partial charge in [0.05, 0.1) is 8.07 Å². The fourth-order valence-corrected chi connectivity index (χ4v) is 9.34. The SMILES string of the molecule is CC(C)(C)Cc1cc(-c2[c-]cccc2)ncc1[Si](C)(C)C.Cc1cc(C)cc(-c2ccc3c(c2)sc2c(-c4cc(C)ccn4)[c-]ccc23)c1.[Ir]. The molecular formula is C45H46IrN2SSi-2. The van der Waals surface area contributed by atoms with E-state index < -0.39 is 8.07 Å². The van der Waals surface area contributed by atoms with Gasteiger partial charge in [0.25, 0.3) is 0 Å². The van der Waals surface area contributed by atoms with Crippen LogP contribution in [0.15, 0.2) is 103 Å². The Balaban J connectivity index is 0.000000199. The van der Waals surface area contributed by atoms with Crippen LogP contribution in [0, 0.1) is 38.3 Å². The second-order valence-electron chi connectivity index (χ2n) is 15.5. The van der Waals surface area contributed by atoms with Crippen LogP contribution in [0.5, 0.6) is 0 Å². The van der Waals surface area contributed by atoms with E-state index in [1.165, 1.54) is 58.7 Å². The number of rotatable bonds is 5. The molecule has 0 atom stereocenters. The first-order valence-electron chi connectivity index (χ1n) is 17.1. The van der Waals surface area contributed by atoms with Crippen molar-refractivity contribution in [2.75, 3.05) is 0 Å². The Bertz CT molecular complexity index is 2240. The topological polar surface area (TPSA) is 25.8 Å². The fourth-order valence-electron chi connectivity index (χ4n) is 6.52. The molecule has 4 aromatic carbocycles. The molecule has 0 spiro atoms. The molecule has 257 valence electrons. The van der Waals surface area contributed by atoms with Crippen molar-refractivity contribution in [2.24, 2.45) is 5.41 Å². The van der Waals surface area contributed by atoms with Gasteiger partial charge in [-0.05, 0) is 82.5 Å². The summed E-state index contributed by atoms with van der Waals surface area (Å²) in [5.41, 5.74) is 12.3. The second-order valence-corrected chi connectivity index (χ2v) is 21.6. The number of aromatic nitrogens is 2. The second kappa shape index (κ2) is 15.2. The number of fused-ring (bicyclic) bond motifs is 3. The van der Waals surface area contributed by atoms with Crippen LogP contribution in [0.2, 0.25) is 19.6 Å². The van der Waals surface area contributed by atoms with Gasteiger partial charge in [0.2, 0.25) is 0 Å². The number of nitrogens with zero attached hydrogens (tertiary/aromatic N) is 2. The largest absolute Gasteiger partial charge is 0.305 e. The number of thiophene rings is 1. The zero-order valence-corrected chi connectivity index (χ0v) is 34.9. The molecule has 0 aliphatic heterocycles. The van der Waals surface area contributed by atoms with E-state index in [0.29, 0.717) is 0 Å². The Morgan fingerprint density at radius 2 is 1.46 bits per heavy atom. The molecule has 0 N–H and O–H groups in total. The number of pyridine rings is 2. The van der Waals surface area contributed by atoms with Crippen LogP contribution in [0.3, 0.4) is 0 Å². The van der Waals surface area contributed by atoms with Gasteiger partial charge in [-0.1, -0.05) is 111 Å². The molecule has 7 aromatic rings. The van der Waals surface area contributed by atoms with Gasteiger partial charge in [-0.2, -0.15) is 11.3 Å². The molecule has 1 radical (unpaired) electrons. The molecule has 0 saturated heterocycles. The van der Waals surface area contributed by atoms with Crippen molar-refractivity contribution < 1.29 is 20.1 Å². The molecule has 2 nitrogen and oxygen atoms in total. The Morgan fingerprint density at radius 3 is 2.12 bits per heavy atom. The normalized spacial score (nSPS) is 11.6. The first-order valence-corrected chi connectivity index (χ1v) is 21.4. The van der Waals surface area contributed by atoms with Gasteiger partial charge in [-0.25, -0.2) is 0 Å². The average molecular weight is 867 g/mol. The zero-order chi connectivity index (χ0) is 34.9. The van der Waals surface area contributed by atoms with Crippen LogP contribution in [0.4, 0.5) is 0 Å². The van der Waals surface area contributed by atoms with Crippen molar-refractivity contribution in [1.29, 1.82) is 0 Å². The van der Waals surface area contributed by atoms with Crippen molar-refractivity contribution in [2.45, 2.75) is 67.6 Å². The standard InChI is InChI=1S/C26H20NS.C19H26NSi.Ir/c1-16-9-10-27-24(14-16)23-6-4-5-22-21-8-7-19(15-25(21)28-26(22)23)20-12-17(2)11-18(3)13-20;1-19(2,3)13-16-12-17(15-10-8-7-9-11-15)20-14-18(16)21(4,5)6;/h4-5,7-15H,1-3H3;7-10,12,14H,13H2,1-6H3;/q2*-1;. The van der Waals surface area contributed by atoms with Gasteiger partial charge < -0.3 is 9.97 Å². The molecule has 3 heterocycles. The van der Waals surface area contributed by atoms with Gasteiger partial charge in [-0.15, -0.1) is 59.7 Å². The summed E-state index contributed by atoms with van der Waals surface area (Å²) in [6.45, 7) is 20.5. The Kier molecular flexibility index (Phi) is 11.4. The van der Waals surface area contributed by atoms with E-state index in [0.717, 1.165) is 28.9 Å². The zero-order valence-electron chi connectivity index (χ0n) is 30.7. The molecule has 0 unspecified atom stereocenters. The summed E-state index contributed by atoms with van der Waals surface area (Å²) in [6.07, 6.45) is 5.08. The van der Waals surface area contributed by atoms with Crippen LogP contribution in [-0.2, 0) is 26.5 Å². The molecule has 0 saturated carbocycles. The van der Waals surface area contributed by atoms with Crippen LogP contribution in [0.1, 0.15) is 43.0 Å². The number of aryl methyl sites for hydroxylation is 3. The Labute approximate surface area is 317 Å². The molecule has 0 fully saturated rings. The van der Waals surface area contributed by atoms with E-state index in [4.69, 9.17) is 4.98 Å². The molecule has 50 heavy (non-hydrogen) atoms. The molecule has 3 aromatic heterocycles. The molecule has 0 aliphatic carbocycles. The molecule has 0 aliphatic rings. The van der Waals surface area contributed by atoms with Gasteiger partial charge in [-0.3, -0.25) is 0 Å². The third-order valence-corrected chi connectivity index (χ3v) is 11.9. The smallest absolute Gasteiger partial charge is 0.0798 e. The third kappa shape index (κ3) is 8.76. The van der Waals surface area contributed by atoms with Gasteiger partial charge in [0.1, 0.15) is 0 Å². The predicted octanol–water partition coefficient (Wildman–Crippen LogP) is 12.2. The van der Waals surface area contributed by atoms with E-state index in [2.05, 4.69) is 145 Å². The van der Waals surface area contributed by atoms with Crippen molar-refractivity contribution in [3.8, 4) is 33.6 Å². The van der Waals surface area contributed by atoms with Gasteiger partial charge in [0.15, 0.2) is 0 Å². The number of hydrogen-bond donors (Lipinski definition) is 0. The van der Waals surface area contributed by atoms with Crippen LogP contribution in [0.25, 0.3) is 53.8 Å². The first-order chi connectivity index (χ1) is 23.2. The summed E-state index contributed by atoms with van der Waals surface area (Å²) in [5.74, 6) is 0. The van der Waals surface area contributed by atoms with E-state index in [-0.39, 0.29) is 25.5 Å². The van der Waals surface area contributed by atoms with Gasteiger partial charge in [0, 0.05) is 37.2 Å². The third-order valence-electron chi connectivity index (χ3n) is 8.66. The summed E-state index contributed by atoms with van der Waals surface area (Å²) >= 11 is 1.83. The molecule has 5 heteroatoms. The average Bonchev–Trinajstić information content (AvgIpc) is 3.42. The van der Waals surface area contributed by atoms with E-state index in [1.54, 1.807) is 0 Å². The maximum Gasteiger partial charge on any atom is 0.0798 e. The summed E-state index contributed by atoms with van der Waals surface area (Å²) in [6, 6.07) is 39.0. The van der Waals surface area contributed by atoms with Crippen molar-refractivity contribution in [1.82, 2.24) is 9.97 Å². The van der Waals surface area contributed by atoms with E-state index in [9.17, 15) is 0 Å². The quantitative estimate of drug-likeness (QED) is 0.127. The van der Waals surface area contributed by atoms with Crippen molar-refractivity contribution >= 4 is 44.8 Å². The maximum absolute atomic E-state index is 4.71. The van der Waals surface area contributed by atoms with E-state index >= 15 is 0 Å². The molecule has 0 amide bonds. The molecule has 0 bridgehead atoms. The van der Waals surface area contributed by atoms with E-state index in [1.807, 2.05) is 47.9 Å². The Morgan fingerprint density at radius 1 is 0.700 bits per heavy atom. The Hall–Kier alpha value is -3.73. The number of benzene rings is 4. The maximum atomic E-state index is 4.71. The summed E-state index contributed by atoms with van der Waals surface area (Å²) in [7, 11) is -1.37. The summed E-state index contributed by atoms with van der Waals surface area (Å²) < 4.78 is 2.56. The fraction of sp³-hybridized carbons (Fsp3) is 0.244. The summed E-state index contributed by atoms with van der Waals surface area (Å²) in [5, 5.41) is 4.07. The van der Waals surface area contributed by atoms with Crippen LogP contribution >= 0.6 is 11.3 Å². The van der Waals surface area contributed by atoms with Crippen LogP contribution in [-0.4, -0.2) is 18.0 Å². The summed E-state index contributed by atoms with van der Waals surface area (Å²) in [4.78, 5) is 9.30. The molecule has 7 rings (SSSR count). The van der Waals surface area contributed by atoms with Crippen molar-refractivity contribution in [3.05, 3.63) is 138 Å². The minimum Gasteiger partial charge on any atom is -0.305 e.